The zero-order valence-corrected chi connectivity index (χ0v) is 13.0. The lowest BCUT2D eigenvalue weighted by Crippen LogP contribution is -2.11. The highest BCUT2D eigenvalue weighted by atomic mass is 79.9. The maximum atomic E-state index is 13.9. The lowest BCUT2D eigenvalue weighted by molar-refractivity contribution is 0.654. The van der Waals surface area contributed by atoms with Gasteiger partial charge < -0.3 is 10.7 Å². The molecule has 0 atom stereocenters. The average molecular weight is 335 g/mol. The van der Waals surface area contributed by atoms with E-state index >= 15 is 0 Å². The molecule has 20 heavy (non-hydrogen) atoms. The van der Waals surface area contributed by atoms with Gasteiger partial charge in [0.05, 0.1) is 15.8 Å². The van der Waals surface area contributed by atoms with E-state index in [1.54, 1.807) is 18.4 Å². The molecule has 0 saturated carbocycles. The summed E-state index contributed by atoms with van der Waals surface area (Å²) in [6.45, 7) is 4.71. The molecule has 0 amide bonds. The highest BCUT2D eigenvalue weighted by Crippen LogP contribution is 2.27. The third kappa shape index (κ3) is 3.45. The van der Waals surface area contributed by atoms with Gasteiger partial charge in [-0.1, -0.05) is 29.3 Å². The standard InChI is InChI=1S/C16H16BrFN2/c1-10-5-11(2)7-12(6-10)8-20-9-13-15(19)4-3-14(17)16(13)18/h3-7,9,19-20H,8H2,1-2H3/b13-9+,19-15?. The largest absolute Gasteiger partial charge is 0.386 e. The van der Waals surface area contributed by atoms with Crippen LogP contribution in [0.15, 0.2) is 52.4 Å². The molecule has 1 aliphatic carbocycles. The lowest BCUT2D eigenvalue weighted by atomic mass is 10.1. The van der Waals surface area contributed by atoms with Gasteiger partial charge in [0.1, 0.15) is 5.83 Å². The van der Waals surface area contributed by atoms with Crippen molar-refractivity contribution in [2.24, 2.45) is 0 Å². The molecule has 2 N–H and O–H groups in total. The molecule has 1 aliphatic rings. The third-order valence-electron chi connectivity index (χ3n) is 2.97. The first-order chi connectivity index (χ1) is 9.47. The van der Waals surface area contributed by atoms with E-state index in [-0.39, 0.29) is 11.3 Å². The predicted octanol–water partition coefficient (Wildman–Crippen LogP) is 4.44. The van der Waals surface area contributed by atoms with Gasteiger partial charge in [-0.05, 0) is 47.5 Å². The van der Waals surface area contributed by atoms with Crippen LogP contribution in [0, 0.1) is 19.3 Å². The molecule has 0 radical (unpaired) electrons. The van der Waals surface area contributed by atoms with Gasteiger partial charge in [-0.25, -0.2) is 4.39 Å². The molecule has 0 heterocycles. The fourth-order valence-electron chi connectivity index (χ4n) is 2.15. The van der Waals surface area contributed by atoms with E-state index in [0.29, 0.717) is 11.0 Å². The van der Waals surface area contributed by atoms with Gasteiger partial charge in [0.2, 0.25) is 0 Å². The lowest BCUT2D eigenvalue weighted by Gasteiger charge is -2.11. The summed E-state index contributed by atoms with van der Waals surface area (Å²) >= 11 is 3.13. The van der Waals surface area contributed by atoms with Crippen LogP contribution in [-0.4, -0.2) is 5.71 Å². The zero-order valence-electron chi connectivity index (χ0n) is 11.4. The highest BCUT2D eigenvalue weighted by molar-refractivity contribution is 9.11. The Morgan fingerprint density at radius 2 is 1.85 bits per heavy atom. The first kappa shape index (κ1) is 14.7. The second-order valence-electron chi connectivity index (χ2n) is 4.84. The second kappa shape index (κ2) is 6.18. The number of hydrogen-bond acceptors (Lipinski definition) is 2. The molecule has 2 nitrogen and oxygen atoms in total. The summed E-state index contributed by atoms with van der Waals surface area (Å²) in [5, 5.41) is 10.8. The van der Waals surface area contributed by atoms with Crippen LogP contribution in [0.1, 0.15) is 16.7 Å². The number of nitrogens with one attached hydrogen (secondary N) is 2. The predicted molar refractivity (Wildman–Crippen MR) is 84.8 cm³/mol. The molecule has 4 heteroatoms. The normalized spacial score (nSPS) is 17.0. The Morgan fingerprint density at radius 1 is 1.20 bits per heavy atom. The van der Waals surface area contributed by atoms with Gasteiger partial charge in [-0.3, -0.25) is 0 Å². The van der Waals surface area contributed by atoms with Crippen molar-refractivity contribution >= 4 is 21.6 Å². The molecule has 1 aromatic rings. The summed E-state index contributed by atoms with van der Waals surface area (Å²) in [7, 11) is 0. The van der Waals surface area contributed by atoms with E-state index in [1.165, 1.54) is 11.1 Å². The minimum Gasteiger partial charge on any atom is -0.386 e. The topological polar surface area (TPSA) is 35.9 Å². The van der Waals surface area contributed by atoms with Gasteiger partial charge in [0.25, 0.3) is 0 Å². The first-order valence-corrected chi connectivity index (χ1v) is 7.10. The summed E-state index contributed by atoms with van der Waals surface area (Å²) in [6.07, 6.45) is 4.66. The molecule has 0 spiro atoms. The first-order valence-electron chi connectivity index (χ1n) is 6.31. The smallest absolute Gasteiger partial charge is 0.148 e. The maximum Gasteiger partial charge on any atom is 0.148 e. The fourth-order valence-corrected chi connectivity index (χ4v) is 2.50. The summed E-state index contributed by atoms with van der Waals surface area (Å²) in [4.78, 5) is 0. The zero-order chi connectivity index (χ0) is 14.7. The maximum absolute atomic E-state index is 13.9. The van der Waals surface area contributed by atoms with E-state index in [2.05, 4.69) is 53.3 Å². The number of rotatable bonds is 3. The Hall–Kier alpha value is -1.68. The van der Waals surface area contributed by atoms with Gasteiger partial charge in [0.15, 0.2) is 0 Å². The van der Waals surface area contributed by atoms with Crippen molar-refractivity contribution in [1.82, 2.24) is 5.32 Å². The van der Waals surface area contributed by atoms with Crippen molar-refractivity contribution in [2.45, 2.75) is 20.4 Å². The number of halogens is 2. The van der Waals surface area contributed by atoms with Crippen molar-refractivity contribution in [3.8, 4) is 0 Å². The van der Waals surface area contributed by atoms with Crippen LogP contribution in [0.3, 0.4) is 0 Å². The molecule has 0 fully saturated rings. The Balaban J connectivity index is 2.10. The minimum absolute atomic E-state index is 0.165. The molecule has 0 aliphatic heterocycles. The number of hydrogen-bond donors (Lipinski definition) is 2. The Labute approximate surface area is 126 Å². The van der Waals surface area contributed by atoms with Crippen molar-refractivity contribution in [3.05, 3.63) is 69.1 Å². The van der Waals surface area contributed by atoms with Crippen LogP contribution in [0.2, 0.25) is 0 Å². The molecule has 0 bridgehead atoms. The quantitative estimate of drug-likeness (QED) is 0.842. The van der Waals surface area contributed by atoms with Crippen LogP contribution < -0.4 is 5.32 Å². The molecular weight excluding hydrogens is 319 g/mol. The molecule has 0 aromatic heterocycles. The van der Waals surface area contributed by atoms with Crippen LogP contribution in [0.4, 0.5) is 4.39 Å². The minimum atomic E-state index is -0.412. The number of allylic oxidation sites excluding steroid dienone is 5. The molecule has 0 unspecified atom stereocenters. The molecule has 104 valence electrons. The van der Waals surface area contributed by atoms with Crippen molar-refractivity contribution < 1.29 is 4.39 Å². The Kier molecular flexibility index (Phi) is 4.55. The van der Waals surface area contributed by atoms with E-state index in [9.17, 15) is 4.39 Å². The molecule has 1 aromatic carbocycles. The summed E-state index contributed by atoms with van der Waals surface area (Å²) in [6, 6.07) is 6.29. The van der Waals surface area contributed by atoms with Gasteiger partial charge in [0, 0.05) is 12.7 Å². The average Bonchev–Trinajstić information content (AvgIpc) is 2.37. The monoisotopic (exact) mass is 334 g/mol. The fraction of sp³-hybridized carbons (Fsp3) is 0.188. The SMILES string of the molecule is Cc1cc(C)cc(CN/C=C2\C(=N)C=CC(Br)=C2F)c1. The highest BCUT2D eigenvalue weighted by Gasteiger charge is 2.15. The van der Waals surface area contributed by atoms with E-state index < -0.39 is 5.83 Å². The Bertz CT molecular complexity index is 622. The number of benzene rings is 1. The van der Waals surface area contributed by atoms with Crippen molar-refractivity contribution in [2.75, 3.05) is 0 Å². The van der Waals surface area contributed by atoms with Crippen LogP contribution >= 0.6 is 15.9 Å². The Morgan fingerprint density at radius 3 is 2.50 bits per heavy atom. The summed E-state index contributed by atoms with van der Waals surface area (Å²) in [5.74, 6) is -0.412. The van der Waals surface area contributed by atoms with Crippen LogP contribution in [-0.2, 0) is 6.54 Å². The van der Waals surface area contributed by atoms with Gasteiger partial charge in [-0.2, -0.15) is 0 Å². The molecular formula is C16H16BrFN2. The molecule has 0 saturated heterocycles. The van der Waals surface area contributed by atoms with E-state index in [4.69, 9.17) is 5.41 Å². The summed E-state index contributed by atoms with van der Waals surface area (Å²) < 4.78 is 14.2. The second-order valence-corrected chi connectivity index (χ2v) is 5.70. The number of aryl methyl sites for hydroxylation is 2. The van der Waals surface area contributed by atoms with E-state index in [0.717, 1.165) is 5.56 Å². The molecule has 2 rings (SSSR count). The van der Waals surface area contributed by atoms with Crippen LogP contribution in [0.25, 0.3) is 0 Å². The van der Waals surface area contributed by atoms with Crippen LogP contribution in [0.5, 0.6) is 0 Å². The summed E-state index contributed by atoms with van der Waals surface area (Å²) in [5.41, 5.74) is 3.98. The van der Waals surface area contributed by atoms with Crippen molar-refractivity contribution in [3.63, 3.8) is 0 Å². The van der Waals surface area contributed by atoms with Crippen molar-refractivity contribution in [1.29, 1.82) is 5.41 Å². The van der Waals surface area contributed by atoms with E-state index in [1.807, 2.05) is 0 Å². The van der Waals surface area contributed by atoms with Gasteiger partial charge >= 0.3 is 0 Å². The van der Waals surface area contributed by atoms with Gasteiger partial charge in [-0.15, -0.1) is 0 Å². The third-order valence-corrected chi connectivity index (χ3v) is 3.58.